The second-order valence-corrected chi connectivity index (χ2v) is 9.43. The van der Waals surface area contributed by atoms with Gasteiger partial charge in [0.1, 0.15) is 29.3 Å². The number of nitrogens with two attached hydrogens (primary N) is 1. The second-order valence-electron chi connectivity index (χ2n) is 9.43. The highest BCUT2D eigenvalue weighted by molar-refractivity contribution is 6.04. The number of anilines is 2. The minimum Gasteiger partial charge on any atom is -0.495 e. The Morgan fingerprint density at radius 3 is 2.29 bits per heavy atom. The molecule has 0 spiro atoms. The van der Waals surface area contributed by atoms with Gasteiger partial charge in [-0.3, -0.25) is 19.1 Å². The molecule has 1 fully saturated rings. The van der Waals surface area contributed by atoms with Crippen molar-refractivity contribution in [2.24, 2.45) is 7.05 Å². The standard InChI is InChI=1S/C23H27N9O2.2C2H4O2/c1-13-10-17(31(2)29-13)23(33)28-16-5-4-14(11-18(16)34-3)20-19-21(24)26-12-27-22(19)32(30-20)15-6-8-25-9-7-15;2*1-2(3)4/h4-5,10-12,15,25H,6-9H2,1-3H3,(H,28,33)(H2,24,26,27);2*1H3,(H,3,4). The number of nitrogen functional groups attached to an aromatic ring is 1. The number of piperidine rings is 1. The zero-order valence-corrected chi connectivity index (χ0v) is 24.1. The van der Waals surface area contributed by atoms with Crippen LogP contribution < -0.4 is 21.1 Å². The second kappa shape index (κ2) is 14.0. The van der Waals surface area contributed by atoms with Gasteiger partial charge in [-0.2, -0.15) is 10.2 Å². The normalized spacial score (nSPS) is 12.9. The van der Waals surface area contributed by atoms with E-state index < -0.39 is 11.9 Å². The van der Waals surface area contributed by atoms with Gasteiger partial charge < -0.3 is 31.3 Å². The van der Waals surface area contributed by atoms with Crippen LogP contribution in [0, 0.1) is 6.92 Å². The molecule has 0 aliphatic carbocycles. The van der Waals surface area contributed by atoms with Crippen molar-refractivity contribution < 1.29 is 29.3 Å². The van der Waals surface area contributed by atoms with E-state index in [-0.39, 0.29) is 11.9 Å². The van der Waals surface area contributed by atoms with Crippen molar-refractivity contribution in [1.82, 2.24) is 34.8 Å². The molecule has 6 N–H and O–H groups in total. The third-order valence-electron chi connectivity index (χ3n) is 6.13. The minimum absolute atomic E-state index is 0.231. The molecule has 0 radical (unpaired) electrons. The number of carbonyl (C=O) groups is 3. The number of carboxylic acids is 2. The van der Waals surface area contributed by atoms with Crippen LogP contribution in [0.1, 0.15) is 48.9 Å². The van der Waals surface area contributed by atoms with Crippen LogP contribution >= 0.6 is 0 Å². The van der Waals surface area contributed by atoms with Crippen LogP contribution in [0.25, 0.3) is 22.3 Å². The molecule has 0 bridgehead atoms. The summed E-state index contributed by atoms with van der Waals surface area (Å²) in [6.45, 7) is 5.87. The van der Waals surface area contributed by atoms with Crippen LogP contribution in [-0.4, -0.2) is 77.8 Å². The zero-order valence-electron chi connectivity index (χ0n) is 24.1. The lowest BCUT2D eigenvalue weighted by Crippen LogP contribution is -2.30. The van der Waals surface area contributed by atoms with E-state index in [1.165, 1.54) is 6.33 Å². The Kier molecular flexibility index (Phi) is 10.5. The first kappa shape index (κ1) is 31.5. The number of nitrogens with one attached hydrogen (secondary N) is 2. The van der Waals surface area contributed by atoms with Crippen LogP contribution in [0.15, 0.2) is 30.6 Å². The fraction of sp³-hybridized carbons (Fsp3) is 0.370. The van der Waals surface area contributed by atoms with Crippen molar-refractivity contribution in [2.45, 2.75) is 39.7 Å². The van der Waals surface area contributed by atoms with E-state index in [1.807, 2.05) is 23.7 Å². The van der Waals surface area contributed by atoms with Crippen molar-refractivity contribution in [2.75, 3.05) is 31.2 Å². The molecule has 5 rings (SSSR count). The van der Waals surface area contributed by atoms with Gasteiger partial charge in [0.25, 0.3) is 17.8 Å². The van der Waals surface area contributed by atoms with Crippen LogP contribution in [-0.2, 0) is 16.6 Å². The van der Waals surface area contributed by atoms with Gasteiger partial charge in [0, 0.05) is 26.5 Å². The predicted molar refractivity (Wildman–Crippen MR) is 155 cm³/mol. The number of aromatic nitrogens is 6. The van der Waals surface area contributed by atoms with Gasteiger partial charge in [0.15, 0.2) is 5.65 Å². The number of hydrogen-bond donors (Lipinski definition) is 5. The third-order valence-corrected chi connectivity index (χ3v) is 6.13. The number of rotatable bonds is 5. The number of aryl methyl sites for hydroxylation is 2. The molecule has 42 heavy (non-hydrogen) atoms. The van der Waals surface area contributed by atoms with E-state index in [9.17, 15) is 4.79 Å². The Labute approximate surface area is 241 Å². The molecular formula is C27H35N9O6. The summed E-state index contributed by atoms with van der Waals surface area (Å²) in [5.74, 6) is -1.06. The highest BCUT2D eigenvalue weighted by Crippen LogP contribution is 2.37. The summed E-state index contributed by atoms with van der Waals surface area (Å²) in [7, 11) is 3.30. The lowest BCUT2D eigenvalue weighted by Gasteiger charge is -2.23. The van der Waals surface area contributed by atoms with Crippen molar-refractivity contribution in [3.05, 3.63) is 42.0 Å². The Morgan fingerprint density at radius 2 is 1.71 bits per heavy atom. The number of carbonyl (C=O) groups excluding carboxylic acids is 1. The van der Waals surface area contributed by atoms with Gasteiger partial charge in [-0.1, -0.05) is 6.07 Å². The Hall–Kier alpha value is -5.05. The van der Waals surface area contributed by atoms with Crippen molar-refractivity contribution in [3.63, 3.8) is 0 Å². The predicted octanol–water partition coefficient (Wildman–Crippen LogP) is 2.48. The zero-order chi connectivity index (χ0) is 31.0. The third kappa shape index (κ3) is 7.78. The molecule has 4 heterocycles. The maximum absolute atomic E-state index is 12.8. The first-order valence-electron chi connectivity index (χ1n) is 13.0. The van der Waals surface area contributed by atoms with E-state index in [2.05, 4.69) is 25.7 Å². The van der Waals surface area contributed by atoms with Crippen molar-refractivity contribution in [3.8, 4) is 17.0 Å². The van der Waals surface area contributed by atoms with E-state index in [4.69, 9.17) is 35.4 Å². The molecule has 1 saturated heterocycles. The Balaban J connectivity index is 0.000000540. The average Bonchev–Trinajstić information content (AvgIpc) is 3.49. The number of benzene rings is 1. The average molecular weight is 582 g/mol. The number of hydrogen-bond acceptors (Lipinski definition) is 10. The van der Waals surface area contributed by atoms with Gasteiger partial charge in [0.05, 0.1) is 29.9 Å². The number of methoxy groups -OCH3 is 1. The first-order chi connectivity index (χ1) is 19.9. The van der Waals surface area contributed by atoms with Crippen molar-refractivity contribution >= 4 is 40.4 Å². The maximum atomic E-state index is 12.8. The summed E-state index contributed by atoms with van der Waals surface area (Å²) in [5, 5.41) is 31.0. The summed E-state index contributed by atoms with van der Waals surface area (Å²) in [4.78, 5) is 39.5. The summed E-state index contributed by atoms with van der Waals surface area (Å²) < 4.78 is 9.12. The number of aliphatic carboxylic acids is 2. The number of ether oxygens (including phenoxy) is 1. The molecule has 1 aromatic carbocycles. The molecule has 3 aromatic heterocycles. The lowest BCUT2D eigenvalue weighted by atomic mass is 10.1. The lowest BCUT2D eigenvalue weighted by molar-refractivity contribution is -0.135. The van der Waals surface area contributed by atoms with E-state index in [0.29, 0.717) is 34.0 Å². The van der Waals surface area contributed by atoms with Gasteiger partial charge in [-0.15, -0.1) is 0 Å². The van der Waals surface area contributed by atoms with E-state index in [1.54, 1.807) is 31.0 Å². The number of fused-ring (bicyclic) bond motifs is 1. The number of amides is 1. The van der Waals surface area contributed by atoms with Gasteiger partial charge in [-0.25, -0.2) is 14.6 Å². The molecule has 224 valence electrons. The molecule has 15 heteroatoms. The van der Waals surface area contributed by atoms with Crippen LogP contribution in [0.2, 0.25) is 0 Å². The number of carboxylic acid groups (broad SMARTS) is 2. The Bertz CT molecular complexity index is 1550. The molecule has 0 unspecified atom stereocenters. The Morgan fingerprint density at radius 1 is 1.07 bits per heavy atom. The maximum Gasteiger partial charge on any atom is 0.300 e. The van der Waals surface area contributed by atoms with E-state index >= 15 is 0 Å². The van der Waals surface area contributed by atoms with E-state index in [0.717, 1.165) is 56.7 Å². The molecule has 1 amide bonds. The monoisotopic (exact) mass is 581 g/mol. The minimum atomic E-state index is -0.833. The van der Waals surface area contributed by atoms with Crippen molar-refractivity contribution in [1.29, 1.82) is 0 Å². The molecule has 1 aliphatic heterocycles. The fourth-order valence-corrected chi connectivity index (χ4v) is 4.45. The molecular weight excluding hydrogens is 546 g/mol. The smallest absolute Gasteiger partial charge is 0.300 e. The van der Waals surface area contributed by atoms with Crippen LogP contribution in [0.5, 0.6) is 5.75 Å². The summed E-state index contributed by atoms with van der Waals surface area (Å²) in [5.41, 5.74) is 10.2. The SMILES string of the molecule is CC(=O)O.CC(=O)O.COc1cc(-c2nn(C3CCNCC3)c3ncnc(N)c23)ccc1NC(=O)c1cc(C)nn1C. The van der Waals surface area contributed by atoms with Crippen LogP contribution in [0.4, 0.5) is 11.5 Å². The molecule has 4 aromatic rings. The summed E-state index contributed by atoms with van der Waals surface area (Å²) >= 11 is 0. The highest BCUT2D eigenvalue weighted by atomic mass is 16.5. The summed E-state index contributed by atoms with van der Waals surface area (Å²) in [6, 6.07) is 7.48. The topological polar surface area (TPSA) is 212 Å². The largest absolute Gasteiger partial charge is 0.495 e. The van der Waals surface area contributed by atoms with Gasteiger partial charge >= 0.3 is 0 Å². The molecule has 15 nitrogen and oxygen atoms in total. The van der Waals surface area contributed by atoms with Crippen LogP contribution in [0.3, 0.4) is 0 Å². The van der Waals surface area contributed by atoms with Gasteiger partial charge in [0.2, 0.25) is 0 Å². The number of nitrogens with zero attached hydrogens (tertiary/aromatic N) is 6. The van der Waals surface area contributed by atoms with Gasteiger partial charge in [-0.05, 0) is 51.1 Å². The first-order valence-corrected chi connectivity index (χ1v) is 13.0. The summed E-state index contributed by atoms with van der Waals surface area (Å²) in [6.07, 6.45) is 3.39. The highest BCUT2D eigenvalue weighted by Gasteiger charge is 2.24. The molecule has 1 aliphatic rings. The quantitative estimate of drug-likeness (QED) is 0.230. The molecule has 0 atom stereocenters. The molecule has 0 saturated carbocycles. The fourth-order valence-electron chi connectivity index (χ4n) is 4.45.